The standard InChI is InChI=1S/C14H17Cl2NO3/c1-13(2,3)20-12(19)17-14(4,8-18)9-5-6-10(15)11(16)7-9/h5-8H,1-4H3,(H,17,19). The number of halogens is 2. The van der Waals surface area contributed by atoms with Gasteiger partial charge >= 0.3 is 6.09 Å². The molecule has 110 valence electrons. The van der Waals surface area contributed by atoms with Crippen molar-refractivity contribution in [3.63, 3.8) is 0 Å². The monoisotopic (exact) mass is 317 g/mol. The number of hydrogen-bond acceptors (Lipinski definition) is 3. The second-order valence-corrected chi connectivity index (χ2v) is 6.39. The lowest BCUT2D eigenvalue weighted by Crippen LogP contribution is -2.46. The molecule has 0 spiro atoms. The summed E-state index contributed by atoms with van der Waals surface area (Å²) in [7, 11) is 0. The maximum atomic E-state index is 11.8. The van der Waals surface area contributed by atoms with Crippen molar-refractivity contribution in [1.82, 2.24) is 5.32 Å². The Bertz CT molecular complexity index is 526. The van der Waals surface area contributed by atoms with E-state index < -0.39 is 17.2 Å². The van der Waals surface area contributed by atoms with Crippen LogP contribution in [0.15, 0.2) is 18.2 Å². The third-order valence-corrected chi connectivity index (χ3v) is 3.25. The first-order valence-corrected chi connectivity index (χ1v) is 6.76. The number of benzene rings is 1. The van der Waals surface area contributed by atoms with Crippen molar-refractivity contribution in [3.05, 3.63) is 33.8 Å². The number of aldehydes is 1. The molecular weight excluding hydrogens is 301 g/mol. The van der Waals surface area contributed by atoms with Crippen LogP contribution in [0.25, 0.3) is 0 Å². The third-order valence-electron chi connectivity index (χ3n) is 2.52. The number of alkyl carbamates (subject to hydrolysis) is 1. The Morgan fingerprint density at radius 2 is 1.80 bits per heavy atom. The van der Waals surface area contributed by atoms with Gasteiger partial charge in [-0.3, -0.25) is 0 Å². The zero-order valence-electron chi connectivity index (χ0n) is 11.8. The van der Waals surface area contributed by atoms with Gasteiger partial charge in [0.1, 0.15) is 17.4 Å². The Labute approximate surface area is 128 Å². The second kappa shape index (κ2) is 6.02. The van der Waals surface area contributed by atoms with Crippen LogP contribution >= 0.6 is 23.2 Å². The van der Waals surface area contributed by atoms with Crippen LogP contribution in [0.1, 0.15) is 33.3 Å². The largest absolute Gasteiger partial charge is 0.444 e. The molecule has 1 unspecified atom stereocenters. The van der Waals surface area contributed by atoms with Crippen LogP contribution in [0.5, 0.6) is 0 Å². The summed E-state index contributed by atoms with van der Waals surface area (Å²) in [5.41, 5.74) is -1.37. The average molecular weight is 318 g/mol. The van der Waals surface area contributed by atoms with E-state index >= 15 is 0 Å². The first-order chi connectivity index (χ1) is 9.07. The van der Waals surface area contributed by atoms with E-state index in [1.54, 1.807) is 39.8 Å². The molecule has 4 nitrogen and oxygen atoms in total. The molecule has 0 bridgehead atoms. The van der Waals surface area contributed by atoms with Gasteiger partial charge in [-0.15, -0.1) is 0 Å². The molecule has 1 rings (SSSR count). The molecule has 1 amide bonds. The highest BCUT2D eigenvalue weighted by atomic mass is 35.5. The molecule has 0 aromatic heterocycles. The molecule has 1 aromatic carbocycles. The van der Waals surface area contributed by atoms with Crippen LogP contribution in [0.3, 0.4) is 0 Å². The molecule has 0 saturated carbocycles. The zero-order chi connectivity index (χ0) is 15.6. The molecule has 1 N–H and O–H groups in total. The summed E-state index contributed by atoms with van der Waals surface area (Å²) >= 11 is 11.8. The normalized spacial score (nSPS) is 14.3. The Balaban J connectivity index is 2.99. The van der Waals surface area contributed by atoms with Gasteiger partial charge in [-0.1, -0.05) is 29.3 Å². The van der Waals surface area contributed by atoms with Crippen LogP contribution in [-0.4, -0.2) is 18.0 Å². The molecule has 0 saturated heterocycles. The van der Waals surface area contributed by atoms with E-state index in [4.69, 9.17) is 27.9 Å². The summed E-state index contributed by atoms with van der Waals surface area (Å²) in [6.45, 7) is 6.78. The molecule has 1 aromatic rings. The molecule has 0 aliphatic carbocycles. The number of hydrogen-bond donors (Lipinski definition) is 1. The number of amides is 1. The van der Waals surface area contributed by atoms with Gasteiger partial charge in [0.15, 0.2) is 0 Å². The fourth-order valence-electron chi connectivity index (χ4n) is 1.50. The quantitative estimate of drug-likeness (QED) is 0.859. The van der Waals surface area contributed by atoms with Gasteiger partial charge in [-0.2, -0.15) is 0 Å². The Hall–Kier alpha value is -1.26. The van der Waals surface area contributed by atoms with Crippen LogP contribution < -0.4 is 5.32 Å². The van der Waals surface area contributed by atoms with Gasteiger partial charge in [-0.25, -0.2) is 4.79 Å². The number of ether oxygens (including phenoxy) is 1. The number of nitrogens with one attached hydrogen (secondary N) is 1. The number of rotatable bonds is 3. The molecule has 0 aliphatic rings. The van der Waals surface area contributed by atoms with E-state index in [1.165, 1.54) is 6.07 Å². The Morgan fingerprint density at radius 3 is 2.25 bits per heavy atom. The lowest BCUT2D eigenvalue weighted by Gasteiger charge is -2.28. The molecule has 0 heterocycles. The summed E-state index contributed by atoms with van der Waals surface area (Å²) < 4.78 is 5.14. The third kappa shape index (κ3) is 4.39. The molecule has 6 heteroatoms. The van der Waals surface area contributed by atoms with Gasteiger partial charge in [-0.05, 0) is 45.4 Å². The Morgan fingerprint density at radius 1 is 1.20 bits per heavy atom. The number of carbonyl (C=O) groups is 2. The van der Waals surface area contributed by atoms with E-state index in [9.17, 15) is 9.59 Å². The van der Waals surface area contributed by atoms with Crippen molar-refractivity contribution in [2.45, 2.75) is 38.8 Å². The highest BCUT2D eigenvalue weighted by molar-refractivity contribution is 6.42. The smallest absolute Gasteiger partial charge is 0.408 e. The lowest BCUT2D eigenvalue weighted by atomic mass is 9.94. The summed E-state index contributed by atoms with van der Waals surface area (Å²) in [4.78, 5) is 23.2. The van der Waals surface area contributed by atoms with Crippen molar-refractivity contribution in [2.24, 2.45) is 0 Å². The summed E-state index contributed by atoms with van der Waals surface area (Å²) in [6.07, 6.45) is -0.0607. The van der Waals surface area contributed by atoms with Crippen LogP contribution in [0.2, 0.25) is 10.0 Å². The van der Waals surface area contributed by atoms with Gasteiger partial charge in [0.05, 0.1) is 10.0 Å². The van der Waals surface area contributed by atoms with Gasteiger partial charge in [0.25, 0.3) is 0 Å². The van der Waals surface area contributed by atoms with Gasteiger partial charge in [0.2, 0.25) is 0 Å². The minimum absolute atomic E-state index is 0.309. The molecule has 0 aliphatic heterocycles. The van der Waals surface area contributed by atoms with Crippen molar-refractivity contribution in [1.29, 1.82) is 0 Å². The minimum atomic E-state index is -1.24. The molecule has 20 heavy (non-hydrogen) atoms. The number of carbonyl (C=O) groups excluding carboxylic acids is 2. The predicted molar refractivity (Wildman–Crippen MR) is 79.2 cm³/mol. The summed E-state index contributed by atoms with van der Waals surface area (Å²) in [5.74, 6) is 0. The van der Waals surface area contributed by atoms with Crippen molar-refractivity contribution >= 4 is 35.6 Å². The first-order valence-electron chi connectivity index (χ1n) is 6.00. The Kier molecular flexibility index (Phi) is 5.05. The van der Waals surface area contributed by atoms with Crippen molar-refractivity contribution < 1.29 is 14.3 Å². The first kappa shape index (κ1) is 16.8. The van der Waals surface area contributed by atoms with E-state index in [1.807, 2.05) is 0 Å². The molecular formula is C14H17Cl2NO3. The molecule has 0 radical (unpaired) electrons. The predicted octanol–water partition coefficient (Wildman–Crippen LogP) is 3.93. The highest BCUT2D eigenvalue weighted by Crippen LogP contribution is 2.28. The molecule has 0 fully saturated rings. The van der Waals surface area contributed by atoms with Crippen LogP contribution in [0.4, 0.5) is 4.79 Å². The fourth-order valence-corrected chi connectivity index (χ4v) is 1.80. The highest BCUT2D eigenvalue weighted by Gasteiger charge is 2.31. The second-order valence-electron chi connectivity index (χ2n) is 5.58. The summed E-state index contributed by atoms with van der Waals surface area (Å²) in [5, 5.41) is 3.22. The van der Waals surface area contributed by atoms with E-state index in [0.717, 1.165) is 0 Å². The van der Waals surface area contributed by atoms with Crippen molar-refractivity contribution in [3.8, 4) is 0 Å². The van der Waals surface area contributed by atoms with E-state index in [2.05, 4.69) is 5.32 Å². The fraction of sp³-hybridized carbons (Fsp3) is 0.429. The van der Waals surface area contributed by atoms with Crippen LogP contribution in [-0.2, 0) is 15.1 Å². The topological polar surface area (TPSA) is 55.4 Å². The van der Waals surface area contributed by atoms with Gasteiger partial charge in [0, 0.05) is 0 Å². The maximum Gasteiger partial charge on any atom is 0.408 e. The summed E-state index contributed by atoms with van der Waals surface area (Å²) in [6, 6.07) is 4.73. The maximum absolute atomic E-state index is 11.8. The van der Waals surface area contributed by atoms with Gasteiger partial charge < -0.3 is 14.8 Å². The van der Waals surface area contributed by atoms with E-state index in [0.29, 0.717) is 21.9 Å². The van der Waals surface area contributed by atoms with Crippen LogP contribution in [0, 0.1) is 0 Å². The average Bonchev–Trinajstić information content (AvgIpc) is 2.29. The SMILES string of the molecule is CC(C)(C)OC(=O)NC(C)(C=O)c1ccc(Cl)c(Cl)c1. The molecule has 1 atom stereocenters. The van der Waals surface area contributed by atoms with Crippen molar-refractivity contribution in [2.75, 3.05) is 0 Å². The zero-order valence-corrected chi connectivity index (χ0v) is 13.3. The lowest BCUT2D eigenvalue weighted by molar-refractivity contribution is -0.113. The van der Waals surface area contributed by atoms with E-state index in [-0.39, 0.29) is 0 Å². The minimum Gasteiger partial charge on any atom is -0.444 e.